The minimum atomic E-state index is -0.432. The number of piperidine rings is 1. The minimum absolute atomic E-state index is 0.182. The first-order valence-electron chi connectivity index (χ1n) is 8.83. The van der Waals surface area contributed by atoms with E-state index in [1.807, 2.05) is 4.90 Å². The number of Topliss-reactive ketones (excluding diaryl/α,β-unsaturated/α-hetero) is 1. The Morgan fingerprint density at radius 1 is 1.38 bits per heavy atom. The quantitative estimate of drug-likeness (QED) is 0.261. The van der Waals surface area contributed by atoms with Crippen LogP contribution in [0.1, 0.15) is 23.3 Å². The van der Waals surface area contributed by atoms with Crippen molar-refractivity contribution in [3.63, 3.8) is 0 Å². The average Bonchev–Trinajstić information content (AvgIpc) is 3.24. The number of carbonyl (C=O) groups excluding carboxylic acids is 2. The second kappa shape index (κ2) is 9.31. The number of aromatic nitrogens is 1. The Kier molecular flexibility index (Phi) is 6.80. The van der Waals surface area contributed by atoms with Crippen LogP contribution in [0, 0.1) is 11.7 Å². The van der Waals surface area contributed by atoms with Gasteiger partial charge in [0.25, 0.3) is 5.91 Å². The molecule has 3 rings (SSSR count). The lowest BCUT2D eigenvalue weighted by Crippen LogP contribution is -2.40. The van der Waals surface area contributed by atoms with Gasteiger partial charge in [0.2, 0.25) is 11.6 Å². The number of anilines is 2. The molecule has 0 atom stereocenters. The van der Waals surface area contributed by atoms with Crippen molar-refractivity contribution in [3.05, 3.63) is 39.6 Å². The predicted octanol–water partition coefficient (Wildman–Crippen LogP) is 3.09. The van der Waals surface area contributed by atoms with E-state index in [1.54, 1.807) is 12.4 Å². The predicted molar refractivity (Wildman–Crippen MR) is 112 cm³/mol. The number of thiazole rings is 1. The molecular formula is C18H19BrFN5O3S. The van der Waals surface area contributed by atoms with Crippen LogP contribution in [0.25, 0.3) is 0 Å². The summed E-state index contributed by atoms with van der Waals surface area (Å²) in [5, 5.41) is 20.1. The maximum absolute atomic E-state index is 13.4. The smallest absolute Gasteiger partial charge is 0.270 e. The molecule has 3 N–H and O–H groups in total. The Bertz CT molecular complexity index is 943. The molecule has 29 heavy (non-hydrogen) atoms. The summed E-state index contributed by atoms with van der Waals surface area (Å²) >= 11 is 4.46. The van der Waals surface area contributed by atoms with Gasteiger partial charge in [0, 0.05) is 37.1 Å². The summed E-state index contributed by atoms with van der Waals surface area (Å²) in [7, 11) is 1.55. The Hall–Kier alpha value is -2.53. The van der Waals surface area contributed by atoms with Crippen LogP contribution in [-0.2, 0) is 4.79 Å². The second-order valence-electron chi connectivity index (χ2n) is 6.42. The zero-order valence-electron chi connectivity index (χ0n) is 15.5. The molecule has 0 bridgehead atoms. The molecule has 1 amide bonds. The molecule has 2 aromatic rings. The largest absolute Gasteiger partial charge is 0.409 e. The van der Waals surface area contributed by atoms with E-state index in [2.05, 4.69) is 36.7 Å². The molecule has 2 heterocycles. The summed E-state index contributed by atoms with van der Waals surface area (Å²) in [4.78, 5) is 30.8. The van der Waals surface area contributed by atoms with Crippen molar-refractivity contribution in [3.8, 4) is 0 Å². The number of nitrogens with zero attached hydrogens (tertiary/aromatic N) is 3. The van der Waals surface area contributed by atoms with E-state index in [9.17, 15) is 19.2 Å². The van der Waals surface area contributed by atoms with Gasteiger partial charge >= 0.3 is 0 Å². The first-order chi connectivity index (χ1) is 13.9. The molecule has 1 aliphatic rings. The van der Waals surface area contributed by atoms with Crippen molar-refractivity contribution in [1.82, 2.24) is 10.3 Å². The van der Waals surface area contributed by atoms with Crippen LogP contribution in [0.5, 0.6) is 0 Å². The standard InChI is InChI=1S/C18H19BrFN5O3S/c1-21-17(27)14-9-29-18(23-14)25-6-4-10(5-7-25)15(26)16(24-28)22-11-2-3-13(20)12(19)8-11/h2-3,8-10,28H,4-7H2,1H3,(H,21,27)(H,22,24). The first kappa shape index (κ1) is 21.2. The Morgan fingerprint density at radius 2 is 2.10 bits per heavy atom. The number of oxime groups is 1. The summed E-state index contributed by atoms with van der Waals surface area (Å²) in [6.45, 7) is 1.19. The topological polar surface area (TPSA) is 107 Å². The summed E-state index contributed by atoms with van der Waals surface area (Å²) < 4.78 is 13.6. The van der Waals surface area contributed by atoms with Crippen LogP contribution in [0.4, 0.5) is 15.2 Å². The highest BCUT2D eigenvalue weighted by atomic mass is 79.9. The van der Waals surface area contributed by atoms with Gasteiger partial charge in [-0.15, -0.1) is 11.3 Å². The summed E-state index contributed by atoms with van der Waals surface area (Å²) in [5.74, 6) is -1.47. The van der Waals surface area contributed by atoms with Crippen molar-refractivity contribution >= 4 is 55.6 Å². The van der Waals surface area contributed by atoms with Crippen molar-refractivity contribution in [2.75, 3.05) is 30.4 Å². The van der Waals surface area contributed by atoms with Crippen LogP contribution in [0.2, 0.25) is 0 Å². The van der Waals surface area contributed by atoms with Crippen molar-refractivity contribution in [2.45, 2.75) is 12.8 Å². The van der Waals surface area contributed by atoms with Crippen LogP contribution in [-0.4, -0.2) is 47.9 Å². The van der Waals surface area contributed by atoms with Gasteiger partial charge in [-0.05, 0) is 47.0 Å². The van der Waals surface area contributed by atoms with Gasteiger partial charge in [0.05, 0.1) is 4.47 Å². The fraction of sp³-hybridized carbons (Fsp3) is 0.333. The maximum Gasteiger partial charge on any atom is 0.270 e. The number of ketones is 1. The molecule has 8 nitrogen and oxygen atoms in total. The van der Waals surface area contributed by atoms with Gasteiger partial charge in [-0.25, -0.2) is 9.37 Å². The van der Waals surface area contributed by atoms with E-state index >= 15 is 0 Å². The third-order valence-electron chi connectivity index (χ3n) is 4.60. The number of hydrogen-bond donors (Lipinski definition) is 3. The summed E-state index contributed by atoms with van der Waals surface area (Å²) in [6, 6.07) is 4.15. The van der Waals surface area contributed by atoms with E-state index < -0.39 is 5.82 Å². The molecule has 0 aliphatic carbocycles. The Morgan fingerprint density at radius 3 is 2.72 bits per heavy atom. The lowest BCUT2D eigenvalue weighted by Gasteiger charge is -2.31. The zero-order chi connectivity index (χ0) is 21.0. The number of hydrogen-bond acceptors (Lipinski definition) is 7. The van der Waals surface area contributed by atoms with Crippen LogP contribution < -0.4 is 15.5 Å². The van der Waals surface area contributed by atoms with Gasteiger partial charge in [0.15, 0.2) is 5.13 Å². The van der Waals surface area contributed by atoms with E-state index in [0.717, 1.165) is 5.13 Å². The summed E-state index contributed by atoms with van der Waals surface area (Å²) in [6.07, 6.45) is 1.11. The zero-order valence-corrected chi connectivity index (χ0v) is 17.9. The number of amides is 1. The Balaban J connectivity index is 1.60. The molecule has 0 saturated carbocycles. The van der Waals surface area contributed by atoms with Gasteiger partial charge in [-0.1, -0.05) is 5.16 Å². The molecule has 0 radical (unpaired) electrons. The van der Waals surface area contributed by atoms with Crippen molar-refractivity contribution in [1.29, 1.82) is 0 Å². The molecule has 1 aromatic heterocycles. The lowest BCUT2D eigenvalue weighted by molar-refractivity contribution is -0.117. The van der Waals surface area contributed by atoms with Crippen molar-refractivity contribution < 1.29 is 19.2 Å². The molecule has 154 valence electrons. The highest BCUT2D eigenvalue weighted by Gasteiger charge is 2.30. The van der Waals surface area contributed by atoms with E-state index in [-0.39, 0.29) is 27.9 Å². The molecular weight excluding hydrogens is 465 g/mol. The minimum Gasteiger partial charge on any atom is -0.409 e. The normalized spacial score (nSPS) is 15.3. The lowest BCUT2D eigenvalue weighted by atomic mass is 9.92. The SMILES string of the molecule is CNC(=O)c1csc(N2CCC(C(=O)/C(=N/O)Nc3ccc(F)c(Br)c3)CC2)n1. The molecule has 11 heteroatoms. The second-order valence-corrected chi connectivity index (χ2v) is 8.11. The van der Waals surface area contributed by atoms with Crippen LogP contribution in [0.15, 0.2) is 33.2 Å². The first-order valence-corrected chi connectivity index (χ1v) is 10.5. The third-order valence-corrected chi connectivity index (χ3v) is 6.11. The van der Waals surface area contributed by atoms with E-state index in [4.69, 9.17) is 0 Å². The molecule has 1 saturated heterocycles. The molecule has 1 fully saturated rings. The fourth-order valence-electron chi connectivity index (χ4n) is 3.01. The number of benzene rings is 1. The molecule has 0 unspecified atom stereocenters. The Labute approximate surface area is 178 Å². The average molecular weight is 484 g/mol. The number of halogens is 2. The van der Waals surface area contributed by atoms with Gasteiger partial charge in [-0.3, -0.25) is 9.59 Å². The third kappa shape index (κ3) is 4.91. The van der Waals surface area contributed by atoms with E-state index in [1.165, 1.54) is 29.5 Å². The van der Waals surface area contributed by atoms with Crippen LogP contribution in [0.3, 0.4) is 0 Å². The van der Waals surface area contributed by atoms with E-state index in [0.29, 0.717) is 37.3 Å². The number of nitrogens with one attached hydrogen (secondary N) is 2. The van der Waals surface area contributed by atoms with Gasteiger partial charge < -0.3 is 20.7 Å². The molecule has 1 aromatic carbocycles. The van der Waals surface area contributed by atoms with Gasteiger partial charge in [-0.2, -0.15) is 0 Å². The molecule has 1 aliphatic heterocycles. The maximum atomic E-state index is 13.4. The van der Waals surface area contributed by atoms with Gasteiger partial charge in [0.1, 0.15) is 11.5 Å². The number of rotatable bonds is 5. The summed E-state index contributed by atoms with van der Waals surface area (Å²) in [5.41, 5.74) is 0.802. The number of amidine groups is 1. The number of carbonyl (C=O) groups is 2. The van der Waals surface area contributed by atoms with Crippen molar-refractivity contribution in [2.24, 2.45) is 11.1 Å². The highest BCUT2D eigenvalue weighted by molar-refractivity contribution is 9.10. The monoisotopic (exact) mass is 483 g/mol. The fourth-order valence-corrected chi connectivity index (χ4v) is 4.25. The van der Waals surface area contributed by atoms with Crippen LogP contribution >= 0.6 is 27.3 Å². The molecule has 0 spiro atoms. The highest BCUT2D eigenvalue weighted by Crippen LogP contribution is 2.27.